The highest BCUT2D eigenvalue weighted by Crippen LogP contribution is 2.50. The molecule has 2 saturated carbocycles. The molecule has 0 radical (unpaired) electrons. The summed E-state index contributed by atoms with van der Waals surface area (Å²) in [7, 11) is 1.70. The van der Waals surface area contributed by atoms with Crippen LogP contribution in [0.1, 0.15) is 69.8 Å². The number of rotatable bonds is 6. The molecule has 2 aromatic carbocycles. The number of methoxy groups -OCH3 is 1. The molecule has 0 saturated heterocycles. The molecular weight excluding hydrogens is 422 g/mol. The lowest BCUT2D eigenvalue weighted by Gasteiger charge is -2.48. The third-order valence-corrected chi connectivity index (χ3v) is 8.43. The summed E-state index contributed by atoms with van der Waals surface area (Å²) in [5.41, 5.74) is 9.76. The molecule has 180 valence electrons. The molecule has 2 aliphatic carbocycles. The van der Waals surface area contributed by atoms with Gasteiger partial charge in [0.25, 0.3) is 0 Å². The molecule has 1 amide bonds. The summed E-state index contributed by atoms with van der Waals surface area (Å²) >= 11 is 0. The van der Waals surface area contributed by atoms with Gasteiger partial charge in [-0.15, -0.1) is 0 Å². The summed E-state index contributed by atoms with van der Waals surface area (Å²) in [6.45, 7) is 2.05. The number of carbonyl (C=O) groups is 1. The molecule has 5 rings (SSSR count). The van der Waals surface area contributed by atoms with Crippen LogP contribution in [0, 0.1) is 18.8 Å². The van der Waals surface area contributed by atoms with Gasteiger partial charge in [0.15, 0.2) is 0 Å². The Balaban J connectivity index is 1.82. The van der Waals surface area contributed by atoms with Crippen LogP contribution in [0.2, 0.25) is 0 Å². The molecular formula is C29H37N3O2. The van der Waals surface area contributed by atoms with Gasteiger partial charge < -0.3 is 15.0 Å². The monoisotopic (exact) mass is 459 g/mol. The summed E-state index contributed by atoms with van der Waals surface area (Å²) < 4.78 is 7.81. The van der Waals surface area contributed by atoms with Crippen molar-refractivity contribution < 1.29 is 9.53 Å². The zero-order chi connectivity index (χ0) is 23.7. The van der Waals surface area contributed by atoms with E-state index in [2.05, 4.69) is 41.8 Å². The number of aromatic nitrogens is 2. The maximum absolute atomic E-state index is 13.9. The molecule has 5 heteroatoms. The zero-order valence-corrected chi connectivity index (χ0v) is 20.6. The van der Waals surface area contributed by atoms with Crippen molar-refractivity contribution in [1.82, 2.24) is 9.55 Å². The molecule has 2 fully saturated rings. The number of hydrogen-bond acceptors (Lipinski definition) is 3. The number of amides is 1. The number of primary amides is 1. The van der Waals surface area contributed by atoms with Crippen molar-refractivity contribution in [3.63, 3.8) is 0 Å². The van der Waals surface area contributed by atoms with Gasteiger partial charge in [0.2, 0.25) is 5.91 Å². The molecule has 0 spiro atoms. The number of fused-ring (bicyclic) bond motifs is 1. The van der Waals surface area contributed by atoms with Gasteiger partial charge in [0, 0.05) is 5.56 Å². The van der Waals surface area contributed by atoms with Crippen LogP contribution in [0.25, 0.3) is 22.4 Å². The Kier molecular flexibility index (Phi) is 6.37. The van der Waals surface area contributed by atoms with E-state index in [9.17, 15) is 4.79 Å². The van der Waals surface area contributed by atoms with Gasteiger partial charge in [0.05, 0.1) is 18.1 Å². The smallest absolute Gasteiger partial charge is 0.244 e. The van der Waals surface area contributed by atoms with E-state index in [4.69, 9.17) is 15.5 Å². The Morgan fingerprint density at radius 1 is 0.971 bits per heavy atom. The molecule has 2 N–H and O–H groups in total. The van der Waals surface area contributed by atoms with Crippen LogP contribution in [0.5, 0.6) is 5.75 Å². The van der Waals surface area contributed by atoms with Crippen molar-refractivity contribution in [2.24, 2.45) is 17.6 Å². The van der Waals surface area contributed by atoms with Crippen molar-refractivity contribution in [3.8, 4) is 17.1 Å². The molecule has 5 nitrogen and oxygen atoms in total. The van der Waals surface area contributed by atoms with Crippen LogP contribution >= 0.6 is 0 Å². The average Bonchev–Trinajstić information content (AvgIpc) is 3.26. The fourth-order valence-corrected chi connectivity index (χ4v) is 6.91. The van der Waals surface area contributed by atoms with E-state index in [1.807, 2.05) is 12.1 Å². The van der Waals surface area contributed by atoms with Gasteiger partial charge in [-0.2, -0.15) is 0 Å². The van der Waals surface area contributed by atoms with E-state index >= 15 is 0 Å². The van der Waals surface area contributed by atoms with Crippen molar-refractivity contribution in [3.05, 3.63) is 48.0 Å². The van der Waals surface area contributed by atoms with Crippen molar-refractivity contribution in [2.45, 2.75) is 76.7 Å². The number of imidazole rings is 1. The van der Waals surface area contributed by atoms with Crippen molar-refractivity contribution in [2.75, 3.05) is 7.11 Å². The maximum atomic E-state index is 13.9. The normalized spacial score (nSPS) is 18.3. The Morgan fingerprint density at radius 3 is 2.15 bits per heavy atom. The first-order chi connectivity index (χ1) is 16.6. The molecule has 0 bridgehead atoms. The minimum Gasteiger partial charge on any atom is -0.496 e. The number of para-hydroxylation sites is 2. The van der Waals surface area contributed by atoms with E-state index in [0.29, 0.717) is 0 Å². The van der Waals surface area contributed by atoms with Crippen molar-refractivity contribution in [1.29, 1.82) is 0 Å². The van der Waals surface area contributed by atoms with Crippen LogP contribution in [-0.4, -0.2) is 22.6 Å². The summed E-state index contributed by atoms with van der Waals surface area (Å²) in [5.74, 6) is 1.99. The Hall–Kier alpha value is -2.82. The van der Waals surface area contributed by atoms with Gasteiger partial charge >= 0.3 is 0 Å². The van der Waals surface area contributed by atoms with Gasteiger partial charge in [-0.3, -0.25) is 4.79 Å². The summed E-state index contributed by atoms with van der Waals surface area (Å²) in [6, 6.07) is 14.4. The van der Waals surface area contributed by atoms with Gasteiger partial charge in [-0.05, 0) is 80.3 Å². The Bertz CT molecular complexity index is 1150. The average molecular weight is 460 g/mol. The van der Waals surface area contributed by atoms with Gasteiger partial charge in [-0.25, -0.2) is 4.98 Å². The van der Waals surface area contributed by atoms with E-state index in [1.54, 1.807) is 7.11 Å². The number of ether oxygens (including phenoxy) is 1. The van der Waals surface area contributed by atoms with E-state index in [0.717, 1.165) is 85.1 Å². The second-order valence-corrected chi connectivity index (χ2v) is 10.3. The highest BCUT2D eigenvalue weighted by molar-refractivity contribution is 5.90. The third kappa shape index (κ3) is 3.70. The predicted octanol–water partition coefficient (Wildman–Crippen LogP) is 6.36. The first-order valence-electron chi connectivity index (χ1n) is 13.0. The molecule has 0 atom stereocenters. The number of aryl methyl sites for hydroxylation is 1. The Labute approximate surface area is 202 Å². The largest absolute Gasteiger partial charge is 0.496 e. The highest BCUT2D eigenvalue weighted by atomic mass is 16.5. The molecule has 2 aliphatic rings. The quantitative estimate of drug-likeness (QED) is 0.466. The van der Waals surface area contributed by atoms with Crippen LogP contribution in [-0.2, 0) is 10.3 Å². The molecule has 3 aromatic rings. The molecule has 0 unspecified atom stereocenters. The number of nitrogens with two attached hydrogens (primary N) is 1. The summed E-state index contributed by atoms with van der Waals surface area (Å²) in [6.07, 6.45) is 11.3. The standard InChI is InChI=1S/C29H37N3O2/c1-20-19-21(17-18-26(20)34-2)27-31-24-15-9-10-16-25(24)32(27)29(28(30)33,22-11-5-3-6-12-22)23-13-7-4-8-14-23/h9-10,15-19,22-23H,3-8,11-14H2,1-2H3,(H2,30,33). The number of nitrogens with zero attached hydrogens (tertiary/aromatic N) is 2. The predicted molar refractivity (Wildman–Crippen MR) is 137 cm³/mol. The molecule has 0 aliphatic heterocycles. The fourth-order valence-electron chi connectivity index (χ4n) is 6.91. The van der Waals surface area contributed by atoms with Crippen LogP contribution < -0.4 is 10.5 Å². The molecule has 1 heterocycles. The van der Waals surface area contributed by atoms with E-state index in [1.165, 1.54) is 12.8 Å². The molecule has 34 heavy (non-hydrogen) atoms. The second kappa shape index (κ2) is 9.44. The van der Waals surface area contributed by atoms with Gasteiger partial charge in [-0.1, -0.05) is 50.7 Å². The SMILES string of the molecule is COc1ccc(-c2nc3ccccc3n2C(C(N)=O)(C2CCCCC2)C2CCCCC2)cc1C. The van der Waals surface area contributed by atoms with Crippen molar-refractivity contribution >= 4 is 16.9 Å². The minimum absolute atomic E-state index is 0.180. The zero-order valence-electron chi connectivity index (χ0n) is 20.6. The van der Waals surface area contributed by atoms with Crippen LogP contribution in [0.4, 0.5) is 0 Å². The topological polar surface area (TPSA) is 70.1 Å². The lowest BCUT2D eigenvalue weighted by molar-refractivity contribution is -0.135. The number of carbonyl (C=O) groups excluding carboxylic acids is 1. The summed E-state index contributed by atoms with van der Waals surface area (Å²) in [5, 5.41) is 0. The first kappa shape index (κ1) is 22.9. The first-order valence-corrected chi connectivity index (χ1v) is 13.0. The maximum Gasteiger partial charge on any atom is 0.244 e. The van der Waals surface area contributed by atoms with Gasteiger partial charge in [0.1, 0.15) is 17.1 Å². The van der Waals surface area contributed by atoms with E-state index < -0.39 is 5.54 Å². The third-order valence-electron chi connectivity index (χ3n) is 8.43. The lowest BCUT2D eigenvalue weighted by atomic mass is 9.63. The van der Waals surface area contributed by atoms with E-state index in [-0.39, 0.29) is 17.7 Å². The minimum atomic E-state index is -0.764. The van der Waals surface area contributed by atoms with Crippen LogP contribution in [0.3, 0.4) is 0 Å². The summed E-state index contributed by atoms with van der Waals surface area (Å²) in [4.78, 5) is 19.0. The molecule has 1 aromatic heterocycles. The second-order valence-electron chi connectivity index (χ2n) is 10.3. The number of benzene rings is 2. The Morgan fingerprint density at radius 2 is 1.59 bits per heavy atom. The van der Waals surface area contributed by atoms with Crippen LogP contribution in [0.15, 0.2) is 42.5 Å². The fraction of sp³-hybridized carbons (Fsp3) is 0.517. The lowest BCUT2D eigenvalue weighted by Crippen LogP contribution is -2.58. The highest BCUT2D eigenvalue weighted by Gasteiger charge is 2.53. The number of hydrogen-bond donors (Lipinski definition) is 1.